The first-order valence-electron chi connectivity index (χ1n) is 10.4. The maximum absolute atomic E-state index is 14.6. The van der Waals surface area contributed by atoms with Crippen molar-refractivity contribution in [1.29, 1.82) is 0 Å². The van der Waals surface area contributed by atoms with Gasteiger partial charge < -0.3 is 10.2 Å². The molecule has 5 heteroatoms. The van der Waals surface area contributed by atoms with Crippen LogP contribution in [0.25, 0.3) is 0 Å². The molecular formula is C26H28FN3O. The van der Waals surface area contributed by atoms with E-state index in [1.54, 1.807) is 24.4 Å². The quantitative estimate of drug-likeness (QED) is 0.632. The predicted molar refractivity (Wildman–Crippen MR) is 122 cm³/mol. The number of amides is 1. The van der Waals surface area contributed by atoms with Gasteiger partial charge in [0.1, 0.15) is 5.82 Å². The van der Waals surface area contributed by atoms with Gasteiger partial charge in [-0.05, 0) is 75.1 Å². The fourth-order valence-corrected chi connectivity index (χ4v) is 3.28. The molecule has 0 aliphatic carbocycles. The highest BCUT2D eigenvalue weighted by Gasteiger charge is 2.16. The van der Waals surface area contributed by atoms with Crippen molar-refractivity contribution in [2.75, 3.05) is 0 Å². The number of carbonyl (C=O) groups is 1. The van der Waals surface area contributed by atoms with Crippen LogP contribution in [0.5, 0.6) is 0 Å². The minimum atomic E-state index is -0.385. The summed E-state index contributed by atoms with van der Waals surface area (Å²) in [4.78, 5) is 18.9. The second-order valence-electron chi connectivity index (χ2n) is 7.58. The summed E-state index contributed by atoms with van der Waals surface area (Å²) < 4.78 is 14.6. The number of benzene rings is 1. The molecule has 1 aliphatic heterocycles. The van der Waals surface area contributed by atoms with Gasteiger partial charge in [-0.1, -0.05) is 31.2 Å². The van der Waals surface area contributed by atoms with Crippen LogP contribution in [0, 0.1) is 5.82 Å². The fraction of sp³-hybridized carbons (Fsp3) is 0.231. The first-order valence-corrected chi connectivity index (χ1v) is 10.4. The molecule has 0 atom stereocenters. The molecule has 3 rings (SSSR count). The van der Waals surface area contributed by atoms with E-state index in [2.05, 4.69) is 30.7 Å². The van der Waals surface area contributed by atoms with E-state index in [9.17, 15) is 9.18 Å². The first kappa shape index (κ1) is 22.2. The summed E-state index contributed by atoms with van der Waals surface area (Å²) >= 11 is 0. The Morgan fingerprint density at radius 2 is 1.97 bits per heavy atom. The highest BCUT2D eigenvalue weighted by molar-refractivity contribution is 5.95. The first-order chi connectivity index (χ1) is 14.9. The molecule has 31 heavy (non-hydrogen) atoms. The molecule has 0 fully saturated rings. The van der Waals surface area contributed by atoms with Crippen LogP contribution in [-0.2, 0) is 12.8 Å². The average molecular weight is 418 g/mol. The van der Waals surface area contributed by atoms with Gasteiger partial charge >= 0.3 is 0 Å². The van der Waals surface area contributed by atoms with Crippen LogP contribution in [0.15, 0.2) is 90.2 Å². The fourth-order valence-electron chi connectivity index (χ4n) is 3.28. The number of nitrogens with zero attached hydrogens (tertiary/aromatic N) is 2. The number of halogens is 1. The van der Waals surface area contributed by atoms with Crippen molar-refractivity contribution in [3.05, 3.63) is 113 Å². The molecule has 0 bridgehead atoms. The van der Waals surface area contributed by atoms with E-state index in [0.29, 0.717) is 24.1 Å². The zero-order valence-electron chi connectivity index (χ0n) is 18.3. The lowest BCUT2D eigenvalue weighted by atomic mass is 10.0. The summed E-state index contributed by atoms with van der Waals surface area (Å²) in [6, 6.07) is 10.3. The Hall–Kier alpha value is -3.47. The molecule has 1 aromatic heterocycles. The van der Waals surface area contributed by atoms with Crippen molar-refractivity contribution in [2.24, 2.45) is 0 Å². The van der Waals surface area contributed by atoms with Gasteiger partial charge in [-0.15, -0.1) is 0 Å². The summed E-state index contributed by atoms with van der Waals surface area (Å²) in [7, 11) is 0. The minimum absolute atomic E-state index is 0.279. The van der Waals surface area contributed by atoms with Gasteiger partial charge in [0, 0.05) is 35.0 Å². The van der Waals surface area contributed by atoms with Crippen LogP contribution < -0.4 is 5.32 Å². The second kappa shape index (κ2) is 10.0. The van der Waals surface area contributed by atoms with Crippen molar-refractivity contribution < 1.29 is 9.18 Å². The van der Waals surface area contributed by atoms with Crippen LogP contribution in [0.1, 0.15) is 48.8 Å². The van der Waals surface area contributed by atoms with E-state index in [0.717, 1.165) is 23.5 Å². The molecule has 2 aromatic rings. The Labute approximate surface area is 183 Å². The van der Waals surface area contributed by atoms with Crippen LogP contribution in [0.4, 0.5) is 4.39 Å². The normalized spacial score (nSPS) is 14.3. The van der Waals surface area contributed by atoms with Gasteiger partial charge in [-0.3, -0.25) is 9.78 Å². The molecule has 1 N–H and O–H groups in total. The van der Waals surface area contributed by atoms with E-state index in [4.69, 9.17) is 0 Å². The Morgan fingerprint density at radius 1 is 1.16 bits per heavy atom. The summed E-state index contributed by atoms with van der Waals surface area (Å²) in [5, 5.41) is 2.86. The van der Waals surface area contributed by atoms with Crippen molar-refractivity contribution in [3.8, 4) is 0 Å². The Morgan fingerprint density at radius 3 is 2.65 bits per heavy atom. The van der Waals surface area contributed by atoms with Gasteiger partial charge in [0.25, 0.3) is 5.91 Å². The third-order valence-corrected chi connectivity index (χ3v) is 5.49. The zero-order chi connectivity index (χ0) is 22.4. The van der Waals surface area contributed by atoms with Crippen molar-refractivity contribution in [2.45, 2.75) is 40.0 Å². The molecule has 0 saturated heterocycles. The van der Waals surface area contributed by atoms with Gasteiger partial charge in [0.05, 0.1) is 5.70 Å². The summed E-state index contributed by atoms with van der Waals surface area (Å²) in [6.07, 6.45) is 9.31. The maximum Gasteiger partial charge on any atom is 0.255 e. The van der Waals surface area contributed by atoms with Crippen molar-refractivity contribution in [1.82, 2.24) is 15.2 Å². The van der Waals surface area contributed by atoms with Gasteiger partial charge in [-0.25, -0.2) is 4.39 Å². The Bertz CT molecular complexity index is 1070. The third-order valence-electron chi connectivity index (χ3n) is 5.49. The van der Waals surface area contributed by atoms with E-state index < -0.39 is 0 Å². The molecule has 0 radical (unpaired) electrons. The highest BCUT2D eigenvalue weighted by atomic mass is 19.1. The van der Waals surface area contributed by atoms with E-state index in [-0.39, 0.29) is 17.3 Å². The molecule has 1 amide bonds. The Balaban J connectivity index is 1.69. The number of aryl methyl sites for hydroxylation is 2. The monoisotopic (exact) mass is 417 g/mol. The molecular weight excluding hydrogens is 389 g/mol. The molecule has 0 saturated carbocycles. The minimum Gasteiger partial charge on any atom is -0.321 e. The predicted octanol–water partition coefficient (Wildman–Crippen LogP) is 5.67. The number of rotatable bonds is 7. The number of nitrogens with one attached hydrogen (secondary N) is 1. The zero-order valence-corrected chi connectivity index (χ0v) is 18.3. The highest BCUT2D eigenvalue weighted by Crippen LogP contribution is 2.23. The lowest BCUT2D eigenvalue weighted by molar-refractivity contribution is 0.0966. The third kappa shape index (κ3) is 5.57. The van der Waals surface area contributed by atoms with Crippen LogP contribution in [0.2, 0.25) is 0 Å². The molecule has 0 spiro atoms. The summed E-state index contributed by atoms with van der Waals surface area (Å²) in [6.45, 7) is 10.3. The number of hydrogen-bond donors (Lipinski definition) is 1. The van der Waals surface area contributed by atoms with Crippen molar-refractivity contribution >= 4 is 5.91 Å². The number of carbonyl (C=O) groups excluding carboxylic acids is 1. The summed E-state index contributed by atoms with van der Waals surface area (Å²) in [5.41, 5.74) is 5.52. The van der Waals surface area contributed by atoms with E-state index >= 15 is 0 Å². The number of allylic oxidation sites excluding steroid dienone is 4. The van der Waals surface area contributed by atoms with Crippen LogP contribution in [0.3, 0.4) is 0 Å². The van der Waals surface area contributed by atoms with Gasteiger partial charge in [0.2, 0.25) is 0 Å². The maximum atomic E-state index is 14.6. The summed E-state index contributed by atoms with van der Waals surface area (Å²) in [5.74, 6) is -0.739. The van der Waals surface area contributed by atoms with Crippen molar-refractivity contribution in [3.63, 3.8) is 0 Å². The standard InChI is InChI=1S/C26H28FN3O/c1-5-18(2)20(4)30-17-24(13-9-19(30)3)29-26(31)22-11-10-21(25(27)16-22)12-14-23-8-6-7-15-28-23/h6-11,13,15-17H,3,5,12,14H2,1-2,4H3,(H,29,31)/b20-18+. The molecule has 4 nitrogen and oxygen atoms in total. The van der Waals surface area contributed by atoms with E-state index in [1.807, 2.05) is 42.3 Å². The lowest BCUT2D eigenvalue weighted by Gasteiger charge is -2.27. The van der Waals surface area contributed by atoms with E-state index in [1.165, 1.54) is 11.6 Å². The smallest absolute Gasteiger partial charge is 0.255 e. The molecule has 1 aliphatic rings. The van der Waals surface area contributed by atoms with Crippen LogP contribution >= 0.6 is 0 Å². The van der Waals surface area contributed by atoms with Gasteiger partial charge in [0.15, 0.2) is 0 Å². The number of pyridine rings is 1. The molecule has 1 aromatic carbocycles. The topological polar surface area (TPSA) is 45.2 Å². The van der Waals surface area contributed by atoms with Gasteiger partial charge in [-0.2, -0.15) is 0 Å². The lowest BCUT2D eigenvalue weighted by Crippen LogP contribution is -2.26. The second-order valence-corrected chi connectivity index (χ2v) is 7.58. The SMILES string of the molecule is C=C1C=CC(NC(=O)c2ccc(CCc3ccccn3)c(F)c2)=CN1/C(C)=C(\C)CC. The number of aromatic nitrogens is 1. The average Bonchev–Trinajstić information content (AvgIpc) is 2.79. The number of hydrogen-bond acceptors (Lipinski definition) is 3. The largest absolute Gasteiger partial charge is 0.321 e. The Kier molecular flexibility index (Phi) is 7.19. The van der Waals surface area contributed by atoms with Crippen LogP contribution in [-0.4, -0.2) is 15.8 Å². The molecule has 160 valence electrons. The molecule has 0 unspecified atom stereocenters. The molecule has 2 heterocycles.